The largest absolute Gasteiger partial charge is 0.497 e. The van der Waals surface area contributed by atoms with E-state index in [0.717, 1.165) is 5.56 Å². The molecule has 0 radical (unpaired) electrons. The third-order valence-corrected chi connectivity index (χ3v) is 4.25. The number of nitrogens with zero attached hydrogens (tertiary/aromatic N) is 2. The molecule has 3 rings (SSSR count). The molecule has 6 nitrogen and oxygen atoms in total. The smallest absolute Gasteiger partial charge is 0.259 e. The van der Waals surface area contributed by atoms with Crippen LogP contribution in [-0.4, -0.2) is 34.6 Å². The van der Waals surface area contributed by atoms with Gasteiger partial charge in [0.15, 0.2) is 0 Å². The van der Waals surface area contributed by atoms with Gasteiger partial charge in [0, 0.05) is 16.3 Å². The normalized spacial score (nSPS) is 11.9. The lowest BCUT2D eigenvalue weighted by molar-refractivity contribution is 0.0803. The van der Waals surface area contributed by atoms with Crippen molar-refractivity contribution < 1.29 is 14.9 Å². The molecule has 3 aromatic rings. The second-order valence-electron chi connectivity index (χ2n) is 5.87. The topological polar surface area (TPSA) is 95.5 Å². The molecule has 2 aromatic carbocycles. The first-order valence-electron chi connectivity index (χ1n) is 8.09. The number of methoxy groups -OCH3 is 1. The Kier molecular flexibility index (Phi) is 5.03. The van der Waals surface area contributed by atoms with E-state index in [4.69, 9.17) is 9.84 Å². The van der Waals surface area contributed by atoms with Crippen LogP contribution >= 0.6 is 0 Å². The molecule has 132 valence electrons. The summed E-state index contributed by atoms with van der Waals surface area (Å²) >= 11 is 0. The molecule has 0 unspecified atom stereocenters. The van der Waals surface area contributed by atoms with Gasteiger partial charge in [0.1, 0.15) is 17.5 Å². The molecule has 0 fully saturated rings. The van der Waals surface area contributed by atoms with Crippen LogP contribution in [0.15, 0.2) is 53.3 Å². The van der Waals surface area contributed by atoms with E-state index < -0.39 is 18.3 Å². The third-order valence-electron chi connectivity index (χ3n) is 4.25. The van der Waals surface area contributed by atoms with Gasteiger partial charge in [0.25, 0.3) is 5.56 Å². The molecule has 0 aliphatic rings. The second-order valence-corrected chi connectivity index (χ2v) is 5.87. The van der Waals surface area contributed by atoms with E-state index >= 15 is 0 Å². The van der Waals surface area contributed by atoms with Crippen molar-refractivity contribution in [3.63, 3.8) is 0 Å². The van der Waals surface area contributed by atoms with Crippen molar-refractivity contribution in [2.75, 3.05) is 13.7 Å². The average Bonchev–Trinajstić information content (AvgIpc) is 2.69. The lowest BCUT2D eigenvalue weighted by Gasteiger charge is -2.18. The molecule has 0 aliphatic carbocycles. The average molecular weight is 350 g/mol. The number of ether oxygens (including phenoxy) is 1. The van der Waals surface area contributed by atoms with Crippen LogP contribution in [0, 0.1) is 11.3 Å². The standard InChI is InChI=1S/C20H18N2O4/c1-26-15-7-8-16-17(9-15)19(13-5-3-2-4-6-13)18(10-21)22(20(16)25)11-14(24)12-23/h2-9,14,23-24H,11-12H2,1H3/t14-/m0/s1. The second kappa shape index (κ2) is 7.40. The van der Waals surface area contributed by atoms with Crippen molar-refractivity contribution >= 4 is 10.8 Å². The molecule has 0 amide bonds. The van der Waals surface area contributed by atoms with Crippen molar-refractivity contribution in [2.45, 2.75) is 12.6 Å². The minimum Gasteiger partial charge on any atom is -0.497 e. The van der Waals surface area contributed by atoms with Crippen LogP contribution in [0.5, 0.6) is 5.75 Å². The van der Waals surface area contributed by atoms with E-state index in [1.807, 2.05) is 30.3 Å². The van der Waals surface area contributed by atoms with Crippen molar-refractivity contribution in [1.82, 2.24) is 4.57 Å². The van der Waals surface area contributed by atoms with Crippen LogP contribution in [0.3, 0.4) is 0 Å². The number of aromatic nitrogens is 1. The predicted octanol–water partition coefficient (Wildman–Crippen LogP) is 1.90. The number of hydrogen-bond acceptors (Lipinski definition) is 5. The van der Waals surface area contributed by atoms with Gasteiger partial charge in [-0.1, -0.05) is 30.3 Å². The highest BCUT2D eigenvalue weighted by Crippen LogP contribution is 2.32. The van der Waals surface area contributed by atoms with Gasteiger partial charge >= 0.3 is 0 Å². The van der Waals surface area contributed by atoms with Crippen LogP contribution in [0.25, 0.3) is 21.9 Å². The Morgan fingerprint density at radius 3 is 2.54 bits per heavy atom. The molecule has 2 N–H and O–H groups in total. The molecule has 1 aromatic heterocycles. The van der Waals surface area contributed by atoms with E-state index in [1.54, 1.807) is 18.2 Å². The van der Waals surface area contributed by atoms with Crippen molar-refractivity contribution in [2.24, 2.45) is 0 Å². The summed E-state index contributed by atoms with van der Waals surface area (Å²) < 4.78 is 6.49. The summed E-state index contributed by atoms with van der Waals surface area (Å²) in [7, 11) is 1.54. The zero-order chi connectivity index (χ0) is 18.7. The Hall–Kier alpha value is -3.14. The monoisotopic (exact) mass is 350 g/mol. The molecule has 0 aliphatic heterocycles. The van der Waals surface area contributed by atoms with Gasteiger partial charge in [-0.2, -0.15) is 5.26 Å². The summed E-state index contributed by atoms with van der Waals surface area (Å²) in [6, 6.07) is 16.4. The van der Waals surface area contributed by atoms with Crippen LogP contribution in [0.2, 0.25) is 0 Å². The van der Waals surface area contributed by atoms with Gasteiger partial charge in [-0.15, -0.1) is 0 Å². The summed E-state index contributed by atoms with van der Waals surface area (Å²) in [6.45, 7) is -0.668. The fourth-order valence-corrected chi connectivity index (χ4v) is 3.01. The number of nitriles is 1. The number of aliphatic hydroxyl groups is 2. The fraction of sp³-hybridized carbons (Fsp3) is 0.200. The molecule has 0 bridgehead atoms. The molecular weight excluding hydrogens is 332 g/mol. The first-order chi connectivity index (χ1) is 12.6. The van der Waals surface area contributed by atoms with E-state index in [1.165, 1.54) is 11.7 Å². The molecular formula is C20H18N2O4. The van der Waals surface area contributed by atoms with Crippen molar-refractivity contribution in [3.8, 4) is 22.9 Å². The number of rotatable bonds is 5. The molecule has 1 heterocycles. The zero-order valence-electron chi connectivity index (χ0n) is 14.2. The molecule has 6 heteroatoms. The minimum atomic E-state index is -1.14. The number of pyridine rings is 1. The van der Waals surface area contributed by atoms with Crippen LogP contribution < -0.4 is 10.3 Å². The molecule has 0 saturated heterocycles. The summed E-state index contributed by atoms with van der Waals surface area (Å²) in [6.07, 6.45) is -1.14. The number of fused-ring (bicyclic) bond motifs is 1. The maximum absolute atomic E-state index is 12.9. The van der Waals surface area contributed by atoms with E-state index in [2.05, 4.69) is 6.07 Å². The number of hydrogen-bond donors (Lipinski definition) is 2. The predicted molar refractivity (Wildman–Crippen MR) is 98.0 cm³/mol. The van der Waals surface area contributed by atoms with Gasteiger partial charge in [0.2, 0.25) is 0 Å². The van der Waals surface area contributed by atoms with Gasteiger partial charge in [-0.25, -0.2) is 0 Å². The first-order valence-corrected chi connectivity index (χ1v) is 8.09. The highest BCUT2D eigenvalue weighted by molar-refractivity contribution is 5.99. The third kappa shape index (κ3) is 3.06. The minimum absolute atomic E-state index is 0.134. The molecule has 0 spiro atoms. The fourth-order valence-electron chi connectivity index (χ4n) is 3.01. The quantitative estimate of drug-likeness (QED) is 0.733. The van der Waals surface area contributed by atoms with E-state index in [-0.39, 0.29) is 12.2 Å². The number of aliphatic hydroxyl groups excluding tert-OH is 2. The summed E-state index contributed by atoms with van der Waals surface area (Å²) in [5, 5.41) is 29.8. The Bertz CT molecular complexity index is 1040. The lowest BCUT2D eigenvalue weighted by atomic mass is 9.96. The Labute approximate surface area is 150 Å². The lowest BCUT2D eigenvalue weighted by Crippen LogP contribution is -2.31. The Balaban J connectivity index is 2.45. The summed E-state index contributed by atoms with van der Waals surface area (Å²) in [4.78, 5) is 12.9. The van der Waals surface area contributed by atoms with Crippen LogP contribution in [0.4, 0.5) is 0 Å². The molecule has 26 heavy (non-hydrogen) atoms. The summed E-state index contributed by atoms with van der Waals surface area (Å²) in [5.74, 6) is 0.575. The molecule has 0 saturated carbocycles. The van der Waals surface area contributed by atoms with E-state index in [0.29, 0.717) is 22.1 Å². The highest BCUT2D eigenvalue weighted by atomic mass is 16.5. The van der Waals surface area contributed by atoms with Gasteiger partial charge in [-0.3, -0.25) is 9.36 Å². The SMILES string of the molecule is COc1ccc2c(=O)n(C[C@H](O)CO)c(C#N)c(-c3ccccc3)c2c1. The first kappa shape index (κ1) is 17.7. The van der Waals surface area contributed by atoms with Gasteiger partial charge < -0.3 is 14.9 Å². The highest BCUT2D eigenvalue weighted by Gasteiger charge is 2.20. The van der Waals surface area contributed by atoms with Crippen molar-refractivity contribution in [3.05, 3.63) is 64.6 Å². The zero-order valence-corrected chi connectivity index (χ0v) is 14.2. The van der Waals surface area contributed by atoms with Crippen LogP contribution in [-0.2, 0) is 6.54 Å². The number of benzene rings is 2. The Morgan fingerprint density at radius 1 is 1.19 bits per heavy atom. The van der Waals surface area contributed by atoms with Crippen molar-refractivity contribution in [1.29, 1.82) is 5.26 Å². The summed E-state index contributed by atoms with van der Waals surface area (Å²) in [5.41, 5.74) is 1.10. The molecule has 1 atom stereocenters. The van der Waals surface area contributed by atoms with Gasteiger partial charge in [-0.05, 0) is 23.8 Å². The maximum Gasteiger partial charge on any atom is 0.259 e. The maximum atomic E-state index is 12.9. The van der Waals surface area contributed by atoms with Crippen LogP contribution in [0.1, 0.15) is 5.69 Å². The van der Waals surface area contributed by atoms with E-state index in [9.17, 15) is 15.2 Å². The van der Waals surface area contributed by atoms with Gasteiger partial charge in [0.05, 0.1) is 26.4 Å². The Morgan fingerprint density at radius 2 is 1.92 bits per heavy atom.